The molecule has 0 aromatic carbocycles. The zero-order valence-corrected chi connectivity index (χ0v) is 8.51. The highest BCUT2D eigenvalue weighted by Crippen LogP contribution is 2.12. The molecule has 0 unspecified atom stereocenters. The monoisotopic (exact) mass is 252 g/mol. The molecule has 0 saturated carbocycles. The molecule has 1 N–H and O–H groups in total. The summed E-state index contributed by atoms with van der Waals surface area (Å²) >= 11 is 0. The number of nitro groups is 3. The number of nitrogens with zero attached hydrogens (tertiary/aromatic N) is 4. The minimum atomic E-state index is -3.66. The predicted octanol–water partition coefficient (Wildman–Crippen LogP) is -0.663. The van der Waals surface area contributed by atoms with Crippen LogP contribution in [0.15, 0.2) is 5.16 Å². The van der Waals surface area contributed by atoms with E-state index in [1.54, 1.807) is 0 Å². The molecule has 0 aromatic rings. The molecule has 0 saturated heterocycles. The van der Waals surface area contributed by atoms with Gasteiger partial charge in [0, 0.05) is 0 Å². The van der Waals surface area contributed by atoms with Crippen molar-refractivity contribution < 1.29 is 24.7 Å². The lowest BCUT2D eigenvalue weighted by atomic mass is 10.4. The van der Waals surface area contributed by atoms with Gasteiger partial charge in [-0.1, -0.05) is 5.16 Å². The fraction of sp³-hybridized carbons (Fsp3) is 0.800. The lowest BCUT2D eigenvalue weighted by Gasteiger charge is -2.08. The van der Waals surface area contributed by atoms with Crippen molar-refractivity contribution >= 4 is 5.71 Å². The van der Waals surface area contributed by atoms with Crippen molar-refractivity contribution in [1.29, 1.82) is 0 Å². The number of hydrogen-bond acceptors (Lipinski definition) is 9. The van der Waals surface area contributed by atoms with Crippen molar-refractivity contribution in [2.24, 2.45) is 5.16 Å². The number of hydrogen-bond donors (Lipinski definition) is 1. The fourth-order valence-corrected chi connectivity index (χ4v) is 0.723. The van der Waals surface area contributed by atoms with Gasteiger partial charge in [-0.2, -0.15) is 0 Å². The molecule has 17 heavy (non-hydrogen) atoms. The molecule has 0 bridgehead atoms. The Morgan fingerprint density at radius 2 is 1.65 bits per heavy atom. The van der Waals surface area contributed by atoms with Crippen LogP contribution in [0.1, 0.15) is 6.92 Å². The lowest BCUT2D eigenvalue weighted by Crippen LogP contribution is -2.56. The number of oxime groups is 1. The average Bonchev–Trinajstić information content (AvgIpc) is 2.22. The molecule has 0 atom stereocenters. The smallest absolute Gasteiger partial charge is 0.411 e. The Morgan fingerprint density at radius 3 is 1.94 bits per heavy atom. The van der Waals surface area contributed by atoms with Crippen LogP contribution in [0.3, 0.4) is 0 Å². The van der Waals surface area contributed by atoms with Gasteiger partial charge >= 0.3 is 5.79 Å². The van der Waals surface area contributed by atoms with Crippen molar-refractivity contribution in [1.82, 2.24) is 0 Å². The highest BCUT2D eigenvalue weighted by Gasteiger charge is 2.70. The Labute approximate surface area is 92.9 Å². The Bertz CT molecular complexity index is 329. The molecule has 0 spiro atoms. The first-order valence-corrected chi connectivity index (χ1v) is 3.97. The van der Waals surface area contributed by atoms with Gasteiger partial charge in [0.15, 0.2) is 14.8 Å². The van der Waals surface area contributed by atoms with Crippen LogP contribution < -0.4 is 0 Å². The number of rotatable bonds is 7. The quantitative estimate of drug-likeness (QED) is 0.204. The van der Waals surface area contributed by atoms with E-state index in [2.05, 4.69) is 9.89 Å². The van der Waals surface area contributed by atoms with Crippen LogP contribution >= 0.6 is 0 Å². The van der Waals surface area contributed by atoms with Gasteiger partial charge in [-0.15, -0.1) is 0 Å². The maximum absolute atomic E-state index is 10.4. The average molecular weight is 252 g/mol. The van der Waals surface area contributed by atoms with Gasteiger partial charge in [0.05, 0.1) is 12.3 Å². The summed E-state index contributed by atoms with van der Waals surface area (Å²) in [5.41, 5.74) is -0.0473. The molecule has 0 aliphatic heterocycles. The Morgan fingerprint density at radius 1 is 1.24 bits per heavy atom. The normalized spacial score (nSPS) is 12.2. The second-order valence-electron chi connectivity index (χ2n) is 2.87. The third-order valence-electron chi connectivity index (χ3n) is 1.65. The van der Waals surface area contributed by atoms with Crippen LogP contribution in [-0.2, 0) is 4.74 Å². The second kappa shape index (κ2) is 5.64. The van der Waals surface area contributed by atoms with Crippen LogP contribution in [0.4, 0.5) is 0 Å². The standard InChI is InChI=1S/C5H8N4O8/c1-4(6-10)2-17-3-5(7(11)12,8(13)14)9(15)16/h10H,2-3H2,1H3/b6-4+. The van der Waals surface area contributed by atoms with Gasteiger partial charge in [0.2, 0.25) is 0 Å². The molecule has 12 nitrogen and oxygen atoms in total. The summed E-state index contributed by atoms with van der Waals surface area (Å²) in [7, 11) is 0. The zero-order valence-electron chi connectivity index (χ0n) is 8.51. The van der Waals surface area contributed by atoms with E-state index in [0.717, 1.165) is 0 Å². The van der Waals surface area contributed by atoms with E-state index in [1.165, 1.54) is 6.92 Å². The van der Waals surface area contributed by atoms with Crippen molar-refractivity contribution in [3.63, 3.8) is 0 Å². The van der Waals surface area contributed by atoms with Crippen LogP contribution in [0.2, 0.25) is 0 Å². The van der Waals surface area contributed by atoms with Crippen LogP contribution in [-0.4, -0.2) is 44.7 Å². The molecule has 0 radical (unpaired) electrons. The predicted molar refractivity (Wildman–Crippen MR) is 49.4 cm³/mol. The molecule has 12 heteroatoms. The minimum absolute atomic E-state index is 0.0473. The maximum atomic E-state index is 10.4. The largest absolute Gasteiger partial charge is 0.723 e. The SMILES string of the molecule is C/C(COCC([N+](=O)[O-])([N+](=O)[O-])[N+](=O)[O-])=N\O. The molecule has 0 amide bonds. The highest BCUT2D eigenvalue weighted by atomic mass is 16.7. The first kappa shape index (κ1) is 14.6. The number of ether oxygens (including phenoxy) is 1. The van der Waals surface area contributed by atoms with Crippen LogP contribution in [0, 0.1) is 30.3 Å². The Kier molecular flexibility index (Phi) is 4.86. The van der Waals surface area contributed by atoms with E-state index in [4.69, 9.17) is 5.21 Å². The molecular formula is C5H8N4O8. The van der Waals surface area contributed by atoms with Crippen molar-refractivity contribution in [2.45, 2.75) is 12.7 Å². The summed E-state index contributed by atoms with van der Waals surface area (Å²) in [4.78, 5) is 26.3. The Balaban J connectivity index is 4.90. The molecule has 0 heterocycles. The first-order valence-electron chi connectivity index (χ1n) is 3.97. The van der Waals surface area contributed by atoms with Crippen molar-refractivity contribution in [3.05, 3.63) is 30.3 Å². The Hall–Kier alpha value is -2.37. The van der Waals surface area contributed by atoms with Crippen LogP contribution in [0.5, 0.6) is 0 Å². The van der Waals surface area contributed by atoms with Gasteiger partial charge in [0.25, 0.3) is 6.61 Å². The topological polar surface area (TPSA) is 171 Å². The molecular weight excluding hydrogens is 244 g/mol. The first-order chi connectivity index (χ1) is 7.78. The molecule has 0 fully saturated rings. The molecule has 0 aliphatic rings. The summed E-state index contributed by atoms with van der Waals surface area (Å²) in [6.07, 6.45) is 0. The third kappa shape index (κ3) is 3.04. The molecule has 96 valence electrons. The zero-order chi connectivity index (χ0) is 13.6. The third-order valence-corrected chi connectivity index (χ3v) is 1.65. The van der Waals surface area contributed by atoms with Crippen molar-refractivity contribution in [2.75, 3.05) is 13.2 Å². The maximum Gasteiger partial charge on any atom is 0.723 e. The van der Waals surface area contributed by atoms with E-state index in [1.807, 2.05) is 0 Å². The fourth-order valence-electron chi connectivity index (χ4n) is 0.723. The van der Waals surface area contributed by atoms with Gasteiger partial charge < -0.3 is 9.94 Å². The van der Waals surface area contributed by atoms with E-state index in [9.17, 15) is 30.3 Å². The van der Waals surface area contributed by atoms with E-state index in [-0.39, 0.29) is 5.71 Å². The van der Waals surface area contributed by atoms with Crippen LogP contribution in [0.25, 0.3) is 0 Å². The van der Waals surface area contributed by atoms with E-state index >= 15 is 0 Å². The second-order valence-corrected chi connectivity index (χ2v) is 2.87. The molecule has 0 aliphatic carbocycles. The highest BCUT2D eigenvalue weighted by molar-refractivity contribution is 5.82. The molecule has 0 aromatic heterocycles. The van der Waals surface area contributed by atoms with E-state index in [0.29, 0.717) is 0 Å². The summed E-state index contributed by atoms with van der Waals surface area (Å²) < 4.78 is 4.42. The summed E-state index contributed by atoms with van der Waals surface area (Å²) in [5, 5.41) is 42.1. The lowest BCUT2D eigenvalue weighted by molar-refractivity contribution is -0.970. The molecule has 0 rings (SSSR count). The summed E-state index contributed by atoms with van der Waals surface area (Å²) in [6.45, 7) is -0.632. The minimum Gasteiger partial charge on any atom is -0.411 e. The van der Waals surface area contributed by atoms with Gasteiger partial charge in [-0.05, 0) is 6.92 Å². The van der Waals surface area contributed by atoms with Gasteiger partial charge in [-0.3, -0.25) is 30.3 Å². The summed E-state index contributed by atoms with van der Waals surface area (Å²) in [5.74, 6) is -3.66. The van der Waals surface area contributed by atoms with E-state index < -0.39 is 33.8 Å². The van der Waals surface area contributed by atoms with Gasteiger partial charge in [0.1, 0.15) is 0 Å². The summed E-state index contributed by atoms with van der Waals surface area (Å²) in [6, 6.07) is 0. The van der Waals surface area contributed by atoms with Gasteiger partial charge in [-0.25, -0.2) is 0 Å². The van der Waals surface area contributed by atoms with Crippen molar-refractivity contribution in [3.8, 4) is 0 Å².